The zero-order valence-corrected chi connectivity index (χ0v) is 9.29. The summed E-state index contributed by atoms with van der Waals surface area (Å²) in [6, 6.07) is -0.162. The fraction of sp³-hybridized carbons (Fsp3) is 0.727. The highest BCUT2D eigenvalue weighted by molar-refractivity contribution is 5.73. The normalized spacial score (nSPS) is 14.9. The molecule has 0 fully saturated rings. The van der Waals surface area contributed by atoms with E-state index in [-0.39, 0.29) is 11.9 Å². The number of hydrogen-bond donors (Lipinski definition) is 2. The summed E-state index contributed by atoms with van der Waals surface area (Å²) in [5.41, 5.74) is 0. The van der Waals surface area contributed by atoms with Gasteiger partial charge in [-0.25, -0.2) is 0 Å². The molecular weight excluding hydrogens is 178 g/mol. The van der Waals surface area contributed by atoms with E-state index >= 15 is 0 Å². The van der Waals surface area contributed by atoms with Gasteiger partial charge in [-0.15, -0.1) is 6.58 Å². The maximum Gasteiger partial charge on any atom is 0.217 e. The topological polar surface area (TPSA) is 49.3 Å². The summed E-state index contributed by atoms with van der Waals surface area (Å²) in [5.74, 6) is 0.352. The molecule has 2 atom stereocenters. The fourth-order valence-electron chi connectivity index (χ4n) is 1.42. The highest BCUT2D eigenvalue weighted by atomic mass is 16.3. The van der Waals surface area contributed by atoms with Gasteiger partial charge in [0.05, 0.1) is 12.1 Å². The van der Waals surface area contributed by atoms with Crippen molar-refractivity contribution >= 4 is 5.91 Å². The zero-order valence-electron chi connectivity index (χ0n) is 9.29. The highest BCUT2D eigenvalue weighted by Gasteiger charge is 2.19. The lowest BCUT2D eigenvalue weighted by Gasteiger charge is -2.24. The maximum atomic E-state index is 10.9. The third-order valence-electron chi connectivity index (χ3n) is 1.99. The Balaban J connectivity index is 4.21. The molecule has 0 unspecified atom stereocenters. The molecule has 0 spiro atoms. The van der Waals surface area contributed by atoms with Gasteiger partial charge >= 0.3 is 0 Å². The number of amides is 1. The van der Waals surface area contributed by atoms with Gasteiger partial charge in [0.15, 0.2) is 0 Å². The molecule has 0 aliphatic rings. The molecule has 14 heavy (non-hydrogen) atoms. The quantitative estimate of drug-likeness (QED) is 0.636. The number of hydrogen-bond acceptors (Lipinski definition) is 2. The average Bonchev–Trinajstić information content (AvgIpc) is 2.01. The largest absolute Gasteiger partial charge is 0.391 e. The monoisotopic (exact) mass is 199 g/mol. The minimum atomic E-state index is -0.529. The Morgan fingerprint density at radius 1 is 1.57 bits per heavy atom. The Morgan fingerprint density at radius 3 is 2.50 bits per heavy atom. The molecule has 0 aromatic rings. The van der Waals surface area contributed by atoms with Crippen molar-refractivity contribution in [3.05, 3.63) is 12.7 Å². The van der Waals surface area contributed by atoms with Crippen molar-refractivity contribution in [2.24, 2.45) is 5.92 Å². The molecular formula is C11H21NO2. The number of nitrogens with one attached hydrogen (secondary N) is 1. The van der Waals surface area contributed by atoms with Crippen LogP contribution in [-0.2, 0) is 4.79 Å². The van der Waals surface area contributed by atoms with Gasteiger partial charge in [0.2, 0.25) is 5.91 Å². The third kappa shape index (κ3) is 5.75. The molecule has 0 bridgehead atoms. The lowest BCUT2D eigenvalue weighted by Crippen LogP contribution is -2.43. The lowest BCUT2D eigenvalue weighted by atomic mass is 9.97. The van der Waals surface area contributed by atoms with Gasteiger partial charge in [-0.1, -0.05) is 19.9 Å². The summed E-state index contributed by atoms with van der Waals surface area (Å²) in [5, 5.41) is 12.5. The van der Waals surface area contributed by atoms with Crippen LogP contribution < -0.4 is 5.32 Å². The summed E-state index contributed by atoms with van der Waals surface area (Å²) in [7, 11) is 0. The fourth-order valence-corrected chi connectivity index (χ4v) is 1.42. The van der Waals surface area contributed by atoms with E-state index in [4.69, 9.17) is 0 Å². The van der Waals surface area contributed by atoms with Crippen molar-refractivity contribution in [3.8, 4) is 0 Å². The molecule has 3 nitrogen and oxygen atoms in total. The molecule has 82 valence electrons. The number of carbonyl (C=O) groups is 1. The molecule has 1 amide bonds. The van der Waals surface area contributed by atoms with Crippen LogP contribution in [0, 0.1) is 5.92 Å². The second kappa shape index (κ2) is 6.60. The smallest absolute Gasteiger partial charge is 0.217 e. The molecule has 0 radical (unpaired) electrons. The Hall–Kier alpha value is -0.830. The first-order valence-corrected chi connectivity index (χ1v) is 5.03. The van der Waals surface area contributed by atoms with Crippen LogP contribution in [0.5, 0.6) is 0 Å². The van der Waals surface area contributed by atoms with Gasteiger partial charge in [-0.05, 0) is 18.8 Å². The van der Waals surface area contributed by atoms with Crippen LogP contribution in [0.25, 0.3) is 0 Å². The molecule has 2 N–H and O–H groups in total. The van der Waals surface area contributed by atoms with Crippen molar-refractivity contribution in [2.75, 3.05) is 0 Å². The summed E-state index contributed by atoms with van der Waals surface area (Å²) >= 11 is 0. The van der Waals surface area contributed by atoms with Crippen LogP contribution in [0.4, 0.5) is 0 Å². The number of aliphatic hydroxyl groups is 1. The Morgan fingerprint density at radius 2 is 2.14 bits per heavy atom. The van der Waals surface area contributed by atoms with Crippen molar-refractivity contribution in [2.45, 2.75) is 45.8 Å². The van der Waals surface area contributed by atoms with Gasteiger partial charge < -0.3 is 10.4 Å². The SMILES string of the molecule is C=CC[C@@H](O)[C@@H](CC(C)C)NC(C)=O. The highest BCUT2D eigenvalue weighted by Crippen LogP contribution is 2.11. The van der Waals surface area contributed by atoms with Crippen molar-refractivity contribution < 1.29 is 9.90 Å². The number of carbonyl (C=O) groups excluding carboxylic acids is 1. The summed E-state index contributed by atoms with van der Waals surface area (Å²) in [4.78, 5) is 10.9. The molecule has 0 aliphatic heterocycles. The standard InChI is InChI=1S/C11H21NO2/c1-5-6-11(14)10(7-8(2)3)12-9(4)13/h5,8,10-11,14H,1,6-7H2,2-4H3,(H,12,13)/t10-,11-/m1/s1. The van der Waals surface area contributed by atoms with Crippen LogP contribution in [0.15, 0.2) is 12.7 Å². The Bertz CT molecular complexity index is 190. The van der Waals surface area contributed by atoms with Crippen LogP contribution in [0.3, 0.4) is 0 Å². The second-order valence-electron chi connectivity index (χ2n) is 4.03. The summed E-state index contributed by atoms with van der Waals surface area (Å²) < 4.78 is 0. The summed E-state index contributed by atoms with van der Waals surface area (Å²) in [6.45, 7) is 9.16. The molecule has 0 aliphatic carbocycles. The maximum absolute atomic E-state index is 10.9. The first-order chi connectivity index (χ1) is 6.47. The number of rotatable bonds is 6. The van der Waals surface area contributed by atoms with E-state index < -0.39 is 6.10 Å². The minimum Gasteiger partial charge on any atom is -0.391 e. The molecule has 0 aromatic carbocycles. The van der Waals surface area contributed by atoms with Gasteiger partial charge in [-0.2, -0.15) is 0 Å². The zero-order chi connectivity index (χ0) is 11.1. The van der Waals surface area contributed by atoms with Gasteiger partial charge in [-0.3, -0.25) is 4.79 Å². The van der Waals surface area contributed by atoms with Crippen molar-refractivity contribution in [1.29, 1.82) is 0 Å². The molecule has 0 saturated carbocycles. The predicted molar refractivity (Wildman–Crippen MR) is 57.9 cm³/mol. The van der Waals surface area contributed by atoms with Gasteiger partial charge in [0.1, 0.15) is 0 Å². The van der Waals surface area contributed by atoms with Crippen molar-refractivity contribution in [3.63, 3.8) is 0 Å². The predicted octanol–water partition coefficient (Wildman–Crippen LogP) is 1.47. The molecule has 0 saturated heterocycles. The average molecular weight is 199 g/mol. The van der Waals surface area contributed by atoms with Crippen molar-refractivity contribution in [1.82, 2.24) is 5.32 Å². The van der Waals surface area contributed by atoms with Crippen LogP contribution in [0.1, 0.15) is 33.6 Å². The van der Waals surface area contributed by atoms with Gasteiger partial charge in [0, 0.05) is 6.92 Å². The third-order valence-corrected chi connectivity index (χ3v) is 1.99. The van der Waals surface area contributed by atoms with E-state index in [0.717, 1.165) is 6.42 Å². The Labute approximate surface area is 86.2 Å². The molecule has 0 rings (SSSR count). The van der Waals surface area contributed by atoms with E-state index in [2.05, 4.69) is 25.7 Å². The van der Waals surface area contributed by atoms with Crippen LogP contribution in [0.2, 0.25) is 0 Å². The first-order valence-electron chi connectivity index (χ1n) is 5.03. The second-order valence-corrected chi connectivity index (χ2v) is 4.03. The van der Waals surface area contributed by atoms with Crippen LogP contribution >= 0.6 is 0 Å². The first kappa shape index (κ1) is 13.2. The van der Waals surface area contributed by atoms with Gasteiger partial charge in [0.25, 0.3) is 0 Å². The molecule has 3 heteroatoms. The molecule has 0 aromatic heterocycles. The summed E-state index contributed by atoms with van der Waals surface area (Å²) in [6.07, 6.45) is 2.44. The lowest BCUT2D eigenvalue weighted by molar-refractivity contribution is -0.120. The Kier molecular flexibility index (Phi) is 6.21. The van der Waals surface area contributed by atoms with E-state index in [0.29, 0.717) is 12.3 Å². The van der Waals surface area contributed by atoms with E-state index in [1.165, 1.54) is 6.92 Å². The molecule has 0 heterocycles. The minimum absolute atomic E-state index is 0.0984. The van der Waals surface area contributed by atoms with E-state index in [1.54, 1.807) is 6.08 Å². The van der Waals surface area contributed by atoms with E-state index in [1.807, 2.05) is 0 Å². The number of aliphatic hydroxyl groups excluding tert-OH is 1. The van der Waals surface area contributed by atoms with Crippen LogP contribution in [-0.4, -0.2) is 23.2 Å². The van der Waals surface area contributed by atoms with E-state index in [9.17, 15) is 9.90 Å².